The first kappa shape index (κ1) is 23.2. The van der Waals surface area contributed by atoms with E-state index in [-0.39, 0.29) is 28.6 Å². The fraction of sp³-hybridized carbons (Fsp3) is 0.304. The van der Waals surface area contributed by atoms with Gasteiger partial charge in [-0.2, -0.15) is 13.2 Å². The molecule has 0 aliphatic carbocycles. The van der Waals surface area contributed by atoms with Crippen molar-refractivity contribution in [3.63, 3.8) is 0 Å². The molecule has 0 amide bonds. The highest BCUT2D eigenvalue weighted by molar-refractivity contribution is 5.80. The summed E-state index contributed by atoms with van der Waals surface area (Å²) in [7, 11) is 0. The average molecular weight is 450 g/mol. The van der Waals surface area contributed by atoms with Crippen LogP contribution in [0.3, 0.4) is 0 Å². The lowest BCUT2D eigenvalue weighted by molar-refractivity contribution is -0.154. The maximum atomic E-state index is 13.7. The third-order valence-electron chi connectivity index (χ3n) is 4.36. The highest BCUT2D eigenvalue weighted by Gasteiger charge is 2.40. The third-order valence-corrected chi connectivity index (χ3v) is 4.36. The number of hydrogen-bond donors (Lipinski definition) is 0. The summed E-state index contributed by atoms with van der Waals surface area (Å²) in [6.45, 7) is 6.28. The van der Waals surface area contributed by atoms with Crippen LogP contribution in [0.4, 0.5) is 13.2 Å². The number of rotatable bonds is 6. The van der Waals surface area contributed by atoms with Crippen molar-refractivity contribution in [2.45, 2.75) is 40.0 Å². The van der Waals surface area contributed by atoms with E-state index in [2.05, 4.69) is 0 Å². The molecule has 0 saturated heterocycles. The first-order chi connectivity index (χ1) is 15.0. The monoisotopic (exact) mass is 450 g/mol. The van der Waals surface area contributed by atoms with Crippen molar-refractivity contribution in [2.75, 3.05) is 6.61 Å². The Morgan fingerprint density at radius 1 is 1.09 bits per heavy atom. The molecule has 1 heterocycles. The van der Waals surface area contributed by atoms with E-state index in [1.54, 1.807) is 39.8 Å². The number of esters is 1. The van der Waals surface area contributed by atoms with Crippen LogP contribution in [0.25, 0.3) is 11.0 Å². The summed E-state index contributed by atoms with van der Waals surface area (Å²) < 4.78 is 61.8. The summed E-state index contributed by atoms with van der Waals surface area (Å²) in [5, 5.41) is -0.129. The standard InChI is InChI=1S/C23H21F3O6/c1-12(2)30-19(27)11-29-15-7-8-16-18(10-15)32-22(23(24,25)26)21(20(16)28)31-17-9-13(3)5-6-14(17)4/h5-10,12H,11H2,1-4H3. The average Bonchev–Trinajstić information content (AvgIpc) is 2.69. The zero-order valence-electron chi connectivity index (χ0n) is 17.8. The largest absolute Gasteiger partial charge is 0.482 e. The van der Waals surface area contributed by atoms with Crippen molar-refractivity contribution in [3.05, 3.63) is 63.5 Å². The number of ether oxygens (including phenoxy) is 3. The zero-order chi connectivity index (χ0) is 23.6. The topological polar surface area (TPSA) is 75.0 Å². The van der Waals surface area contributed by atoms with E-state index in [9.17, 15) is 22.8 Å². The van der Waals surface area contributed by atoms with Gasteiger partial charge in [0.25, 0.3) is 5.76 Å². The predicted molar refractivity (Wildman–Crippen MR) is 110 cm³/mol. The minimum absolute atomic E-state index is 0.0395. The van der Waals surface area contributed by atoms with E-state index in [4.69, 9.17) is 18.6 Å². The molecule has 0 saturated carbocycles. The van der Waals surface area contributed by atoms with Gasteiger partial charge in [0.05, 0.1) is 11.5 Å². The normalized spacial score (nSPS) is 11.6. The van der Waals surface area contributed by atoms with Gasteiger partial charge in [0.15, 0.2) is 6.61 Å². The lowest BCUT2D eigenvalue weighted by atomic mass is 10.1. The first-order valence-corrected chi connectivity index (χ1v) is 9.71. The van der Waals surface area contributed by atoms with E-state index in [1.165, 1.54) is 18.2 Å². The molecule has 0 aliphatic rings. The van der Waals surface area contributed by atoms with Crippen LogP contribution in [-0.2, 0) is 15.7 Å². The SMILES string of the molecule is Cc1ccc(C)c(Oc2c(C(F)(F)F)oc3cc(OCC(=O)OC(C)C)ccc3c2=O)c1. The Bertz CT molecular complexity index is 1210. The van der Waals surface area contributed by atoms with E-state index in [0.29, 0.717) is 5.56 Å². The molecule has 2 aromatic carbocycles. The van der Waals surface area contributed by atoms with Crippen molar-refractivity contribution in [1.29, 1.82) is 0 Å². The van der Waals surface area contributed by atoms with Crippen molar-refractivity contribution in [2.24, 2.45) is 0 Å². The summed E-state index contributed by atoms with van der Waals surface area (Å²) in [5.41, 5.74) is -0.0296. The summed E-state index contributed by atoms with van der Waals surface area (Å²) in [4.78, 5) is 24.5. The van der Waals surface area contributed by atoms with Crippen LogP contribution in [-0.4, -0.2) is 18.7 Å². The van der Waals surface area contributed by atoms with Gasteiger partial charge in [-0.05, 0) is 57.0 Å². The number of carbonyl (C=O) groups is 1. The van der Waals surface area contributed by atoms with Gasteiger partial charge < -0.3 is 18.6 Å². The Morgan fingerprint density at radius 2 is 1.81 bits per heavy atom. The zero-order valence-corrected chi connectivity index (χ0v) is 17.8. The number of hydrogen-bond acceptors (Lipinski definition) is 6. The number of fused-ring (bicyclic) bond motifs is 1. The molecule has 0 fully saturated rings. The van der Waals surface area contributed by atoms with Gasteiger partial charge in [-0.1, -0.05) is 12.1 Å². The minimum Gasteiger partial charge on any atom is -0.482 e. The molecule has 3 rings (SSSR count). The number of halogens is 3. The molecule has 0 unspecified atom stereocenters. The summed E-state index contributed by atoms with van der Waals surface area (Å²) in [6, 6.07) is 8.68. The first-order valence-electron chi connectivity index (χ1n) is 9.71. The lowest BCUT2D eigenvalue weighted by Gasteiger charge is -2.15. The van der Waals surface area contributed by atoms with Crippen molar-refractivity contribution in [1.82, 2.24) is 0 Å². The molecular formula is C23H21F3O6. The second kappa shape index (κ2) is 8.94. The Labute approximate surface area is 181 Å². The van der Waals surface area contributed by atoms with Crippen LogP contribution in [0.5, 0.6) is 17.2 Å². The molecular weight excluding hydrogens is 429 g/mol. The molecule has 32 heavy (non-hydrogen) atoms. The highest BCUT2D eigenvalue weighted by Crippen LogP contribution is 2.39. The van der Waals surface area contributed by atoms with E-state index < -0.39 is 35.7 Å². The molecule has 6 nitrogen and oxygen atoms in total. The molecule has 0 radical (unpaired) electrons. The minimum atomic E-state index is -4.99. The summed E-state index contributed by atoms with van der Waals surface area (Å²) >= 11 is 0. The predicted octanol–water partition coefficient (Wildman–Crippen LogP) is 5.55. The molecule has 0 bridgehead atoms. The second-order valence-electron chi connectivity index (χ2n) is 7.44. The maximum absolute atomic E-state index is 13.7. The van der Waals surface area contributed by atoms with Gasteiger partial charge in [0.1, 0.15) is 17.1 Å². The Morgan fingerprint density at radius 3 is 2.47 bits per heavy atom. The number of benzene rings is 2. The quantitative estimate of drug-likeness (QED) is 0.459. The number of alkyl halides is 3. The van der Waals surface area contributed by atoms with Crippen molar-refractivity contribution in [3.8, 4) is 17.2 Å². The highest BCUT2D eigenvalue weighted by atomic mass is 19.4. The fourth-order valence-electron chi connectivity index (χ4n) is 2.89. The van der Waals surface area contributed by atoms with E-state index in [1.807, 2.05) is 0 Å². The van der Waals surface area contributed by atoms with Gasteiger partial charge in [0.2, 0.25) is 11.2 Å². The summed E-state index contributed by atoms with van der Waals surface area (Å²) in [5.74, 6) is -3.00. The smallest absolute Gasteiger partial charge is 0.453 e. The van der Waals surface area contributed by atoms with Gasteiger partial charge in [-0.3, -0.25) is 4.79 Å². The third kappa shape index (κ3) is 5.22. The molecule has 170 valence electrons. The van der Waals surface area contributed by atoms with Gasteiger partial charge in [-0.25, -0.2) is 4.79 Å². The van der Waals surface area contributed by atoms with Crippen LogP contribution >= 0.6 is 0 Å². The Kier molecular flexibility index (Phi) is 6.47. The molecule has 0 aliphatic heterocycles. The Balaban J connectivity index is 2.03. The van der Waals surface area contributed by atoms with Crippen LogP contribution in [0.15, 0.2) is 45.6 Å². The van der Waals surface area contributed by atoms with E-state index in [0.717, 1.165) is 11.6 Å². The number of carbonyl (C=O) groups excluding carboxylic acids is 1. The molecule has 0 spiro atoms. The van der Waals surface area contributed by atoms with Gasteiger partial charge in [0, 0.05) is 6.07 Å². The van der Waals surface area contributed by atoms with Crippen molar-refractivity contribution < 1.29 is 36.6 Å². The lowest BCUT2D eigenvalue weighted by Crippen LogP contribution is -2.19. The molecule has 3 aromatic rings. The molecule has 9 heteroatoms. The maximum Gasteiger partial charge on any atom is 0.453 e. The number of aryl methyl sites for hydroxylation is 2. The fourth-order valence-corrected chi connectivity index (χ4v) is 2.89. The molecule has 0 atom stereocenters. The van der Waals surface area contributed by atoms with Gasteiger partial charge >= 0.3 is 12.1 Å². The van der Waals surface area contributed by atoms with Crippen LogP contribution in [0.2, 0.25) is 0 Å². The summed E-state index contributed by atoms with van der Waals surface area (Å²) in [6.07, 6.45) is -5.33. The van der Waals surface area contributed by atoms with E-state index >= 15 is 0 Å². The van der Waals surface area contributed by atoms with Crippen LogP contribution in [0, 0.1) is 13.8 Å². The Hall–Kier alpha value is -3.49. The molecule has 1 aromatic heterocycles. The molecule has 0 N–H and O–H groups in total. The van der Waals surface area contributed by atoms with Gasteiger partial charge in [-0.15, -0.1) is 0 Å². The van der Waals surface area contributed by atoms with Crippen LogP contribution < -0.4 is 14.9 Å². The van der Waals surface area contributed by atoms with Crippen LogP contribution in [0.1, 0.15) is 30.7 Å². The second-order valence-corrected chi connectivity index (χ2v) is 7.44. The van der Waals surface area contributed by atoms with Crippen molar-refractivity contribution >= 4 is 16.9 Å².